The summed E-state index contributed by atoms with van der Waals surface area (Å²) in [5.74, 6) is 0. The maximum absolute atomic E-state index is 2.80. The maximum atomic E-state index is 2.80. The summed E-state index contributed by atoms with van der Waals surface area (Å²) < 4.78 is 0. The molecule has 130 valence electrons. The Hall–Kier alpha value is -0.0831. The highest BCUT2D eigenvalue weighted by atomic mass is 28.3. The lowest BCUT2D eigenvalue weighted by Gasteiger charge is -2.32. The van der Waals surface area contributed by atoms with Gasteiger partial charge in [0.2, 0.25) is 0 Å². The first-order chi connectivity index (χ1) is 10.7. The zero-order chi connectivity index (χ0) is 16.2. The molecule has 0 radical (unpaired) electrons. The van der Waals surface area contributed by atoms with Crippen molar-refractivity contribution in [2.75, 3.05) is 13.1 Å². The summed E-state index contributed by atoms with van der Waals surface area (Å²) in [6.07, 6.45) is 14.0. The van der Waals surface area contributed by atoms with Crippen LogP contribution in [0.4, 0.5) is 0 Å². The van der Waals surface area contributed by atoms with Gasteiger partial charge in [-0.05, 0) is 45.8 Å². The molecule has 0 bridgehead atoms. The maximum Gasteiger partial charge on any atom is 0.0404 e. The Balaban J connectivity index is 2.61. The molecular formula is C20H41NSi. The molecule has 0 spiro atoms. The summed E-state index contributed by atoms with van der Waals surface area (Å²) in [4.78, 5) is 2.80. The highest BCUT2D eigenvalue weighted by Gasteiger charge is 2.19. The molecule has 1 saturated heterocycles. The van der Waals surface area contributed by atoms with Crippen LogP contribution in [0.1, 0.15) is 79.1 Å². The molecule has 1 fully saturated rings. The summed E-state index contributed by atoms with van der Waals surface area (Å²) in [6.45, 7) is 12.2. The SMILES string of the molecule is C/C=C(/C[SiH](CC)CC)C(C)N1CCCCCCCCCC1. The molecule has 0 aliphatic carbocycles. The van der Waals surface area contributed by atoms with Crippen LogP contribution in [0.5, 0.6) is 0 Å². The molecule has 0 saturated carbocycles. The van der Waals surface area contributed by atoms with E-state index in [1.165, 1.54) is 82.6 Å². The summed E-state index contributed by atoms with van der Waals surface area (Å²) in [5, 5.41) is 0. The molecular weight excluding hydrogens is 282 g/mol. The molecule has 0 amide bonds. The van der Waals surface area contributed by atoms with Crippen molar-refractivity contribution in [3.05, 3.63) is 11.6 Å². The van der Waals surface area contributed by atoms with Gasteiger partial charge in [0.1, 0.15) is 0 Å². The van der Waals surface area contributed by atoms with E-state index in [0.717, 1.165) is 0 Å². The topological polar surface area (TPSA) is 3.24 Å². The monoisotopic (exact) mass is 323 g/mol. The van der Waals surface area contributed by atoms with Crippen molar-refractivity contribution in [1.29, 1.82) is 0 Å². The Morgan fingerprint density at radius 2 is 1.36 bits per heavy atom. The Morgan fingerprint density at radius 3 is 1.77 bits per heavy atom. The van der Waals surface area contributed by atoms with Crippen molar-refractivity contribution in [2.45, 2.75) is 103 Å². The van der Waals surface area contributed by atoms with Gasteiger partial charge in [-0.2, -0.15) is 0 Å². The molecule has 1 atom stereocenters. The first kappa shape index (κ1) is 20.0. The van der Waals surface area contributed by atoms with Gasteiger partial charge in [-0.1, -0.05) is 76.1 Å². The van der Waals surface area contributed by atoms with Gasteiger partial charge in [0, 0.05) is 14.8 Å². The third-order valence-corrected chi connectivity index (χ3v) is 9.13. The fraction of sp³-hybridized carbons (Fsp3) is 0.900. The molecule has 1 unspecified atom stereocenters. The van der Waals surface area contributed by atoms with E-state index in [1.807, 2.05) is 0 Å². The zero-order valence-corrected chi connectivity index (χ0v) is 17.0. The molecule has 22 heavy (non-hydrogen) atoms. The summed E-state index contributed by atoms with van der Waals surface area (Å²) in [5.41, 5.74) is 1.75. The predicted octanol–water partition coefficient (Wildman–Crippen LogP) is 6.02. The number of allylic oxidation sites excluding steroid dienone is 1. The second-order valence-corrected chi connectivity index (χ2v) is 11.1. The number of hydrogen-bond donors (Lipinski definition) is 0. The minimum Gasteiger partial charge on any atom is -0.297 e. The molecule has 1 aliphatic heterocycles. The van der Waals surface area contributed by atoms with Crippen LogP contribution in [0.25, 0.3) is 0 Å². The normalized spacial score (nSPS) is 21.6. The number of nitrogens with zero attached hydrogens (tertiary/aromatic N) is 1. The van der Waals surface area contributed by atoms with E-state index in [-0.39, 0.29) is 0 Å². The van der Waals surface area contributed by atoms with Crippen LogP contribution in [-0.4, -0.2) is 32.8 Å². The van der Waals surface area contributed by atoms with Crippen LogP contribution in [-0.2, 0) is 0 Å². The largest absolute Gasteiger partial charge is 0.297 e. The van der Waals surface area contributed by atoms with Gasteiger partial charge >= 0.3 is 0 Å². The Labute approximate surface area is 142 Å². The molecule has 0 N–H and O–H groups in total. The first-order valence-corrected chi connectivity index (χ1v) is 12.6. The van der Waals surface area contributed by atoms with E-state index >= 15 is 0 Å². The minimum atomic E-state index is -0.516. The van der Waals surface area contributed by atoms with Crippen molar-refractivity contribution in [3.63, 3.8) is 0 Å². The van der Waals surface area contributed by atoms with Crippen LogP contribution >= 0.6 is 0 Å². The summed E-state index contributed by atoms with van der Waals surface area (Å²) in [7, 11) is -0.516. The highest BCUT2D eigenvalue weighted by Crippen LogP contribution is 2.22. The second kappa shape index (κ2) is 12.4. The molecule has 0 aromatic carbocycles. The Morgan fingerprint density at radius 1 is 0.909 bits per heavy atom. The fourth-order valence-electron chi connectivity index (χ4n) is 3.86. The van der Waals surface area contributed by atoms with Gasteiger partial charge in [-0.25, -0.2) is 0 Å². The van der Waals surface area contributed by atoms with Gasteiger partial charge in [0.15, 0.2) is 0 Å². The van der Waals surface area contributed by atoms with Gasteiger partial charge in [-0.15, -0.1) is 0 Å². The summed E-state index contributed by atoms with van der Waals surface area (Å²) >= 11 is 0. The third kappa shape index (κ3) is 7.46. The first-order valence-electron chi connectivity index (χ1n) is 10.1. The van der Waals surface area contributed by atoms with Gasteiger partial charge in [0.25, 0.3) is 0 Å². The lowest BCUT2D eigenvalue weighted by Crippen LogP contribution is -2.37. The molecule has 0 aromatic rings. The van der Waals surface area contributed by atoms with Crippen molar-refractivity contribution < 1.29 is 0 Å². The van der Waals surface area contributed by atoms with Crippen LogP contribution in [0.2, 0.25) is 18.1 Å². The lowest BCUT2D eigenvalue weighted by molar-refractivity contribution is 0.224. The highest BCUT2D eigenvalue weighted by molar-refractivity contribution is 6.59. The van der Waals surface area contributed by atoms with Crippen LogP contribution in [0.3, 0.4) is 0 Å². The third-order valence-electron chi connectivity index (χ3n) is 5.77. The standard InChI is InChI=1S/C20H41NSi/c1-5-20(18-22(6-2)7-3)19(4)21-16-14-12-10-8-9-11-13-15-17-21/h5,19,22H,6-18H2,1-4H3/b20-5-. The average Bonchev–Trinajstić information content (AvgIpc) is 2.61. The van der Waals surface area contributed by atoms with E-state index in [9.17, 15) is 0 Å². The fourth-order valence-corrected chi connectivity index (χ4v) is 6.26. The van der Waals surface area contributed by atoms with E-state index in [0.29, 0.717) is 6.04 Å². The smallest absolute Gasteiger partial charge is 0.0404 e. The molecule has 0 aromatic heterocycles. The van der Waals surface area contributed by atoms with Crippen LogP contribution < -0.4 is 0 Å². The Bertz CT molecular complexity index is 284. The van der Waals surface area contributed by atoms with E-state index in [1.54, 1.807) is 5.57 Å². The van der Waals surface area contributed by atoms with Gasteiger partial charge < -0.3 is 0 Å². The zero-order valence-electron chi connectivity index (χ0n) is 15.9. The molecule has 1 aliphatic rings. The van der Waals surface area contributed by atoms with Crippen molar-refractivity contribution in [1.82, 2.24) is 4.90 Å². The quantitative estimate of drug-likeness (QED) is 0.426. The molecule has 2 heteroatoms. The van der Waals surface area contributed by atoms with Gasteiger partial charge in [0.05, 0.1) is 0 Å². The molecule has 1 nitrogen and oxygen atoms in total. The molecule has 1 heterocycles. The average molecular weight is 324 g/mol. The van der Waals surface area contributed by atoms with E-state index < -0.39 is 8.80 Å². The second-order valence-electron chi connectivity index (χ2n) is 7.29. The number of rotatable bonds is 6. The van der Waals surface area contributed by atoms with Crippen molar-refractivity contribution in [2.24, 2.45) is 0 Å². The van der Waals surface area contributed by atoms with Crippen LogP contribution in [0.15, 0.2) is 11.6 Å². The number of hydrogen-bond acceptors (Lipinski definition) is 1. The lowest BCUT2D eigenvalue weighted by atomic mass is 10.1. The minimum absolute atomic E-state index is 0.516. The van der Waals surface area contributed by atoms with Crippen molar-refractivity contribution in [3.8, 4) is 0 Å². The van der Waals surface area contributed by atoms with Crippen LogP contribution in [0, 0.1) is 0 Å². The summed E-state index contributed by atoms with van der Waals surface area (Å²) in [6, 6.07) is 5.04. The van der Waals surface area contributed by atoms with E-state index in [4.69, 9.17) is 0 Å². The predicted molar refractivity (Wildman–Crippen MR) is 105 cm³/mol. The molecule has 1 rings (SSSR count). The van der Waals surface area contributed by atoms with Gasteiger partial charge in [-0.3, -0.25) is 4.90 Å². The van der Waals surface area contributed by atoms with E-state index in [2.05, 4.69) is 38.7 Å². The van der Waals surface area contributed by atoms with Crippen molar-refractivity contribution >= 4 is 8.80 Å². The Kier molecular flexibility index (Phi) is 11.2.